The first-order valence-corrected chi connectivity index (χ1v) is 6.26. The van der Waals surface area contributed by atoms with Gasteiger partial charge in [0.05, 0.1) is 13.0 Å². The maximum absolute atomic E-state index is 11.6. The Labute approximate surface area is 104 Å². The standard InChI is InChI=1S/C15H22O2/c1-5-17-15(16)10-14(11(2)3)13-8-6-12(4)7-9-13/h6-9,11,14H,5,10H2,1-4H3. The zero-order chi connectivity index (χ0) is 12.8. The summed E-state index contributed by atoms with van der Waals surface area (Å²) in [6.45, 7) is 8.65. The first kappa shape index (κ1) is 13.8. The first-order valence-electron chi connectivity index (χ1n) is 6.26. The van der Waals surface area contributed by atoms with Gasteiger partial charge in [0.2, 0.25) is 0 Å². The van der Waals surface area contributed by atoms with Crippen molar-refractivity contribution in [2.75, 3.05) is 6.61 Å². The SMILES string of the molecule is CCOC(=O)CC(c1ccc(C)cc1)C(C)C. The molecule has 1 rings (SSSR count). The predicted octanol–water partition coefficient (Wildman–Crippen LogP) is 3.69. The normalized spacial score (nSPS) is 12.5. The van der Waals surface area contributed by atoms with E-state index in [1.54, 1.807) is 0 Å². The van der Waals surface area contributed by atoms with Crippen molar-refractivity contribution in [1.82, 2.24) is 0 Å². The molecule has 0 radical (unpaired) electrons. The third-order valence-electron chi connectivity index (χ3n) is 3.00. The van der Waals surface area contributed by atoms with Crippen molar-refractivity contribution in [2.45, 2.75) is 40.0 Å². The lowest BCUT2D eigenvalue weighted by atomic mass is 9.85. The number of carbonyl (C=O) groups is 1. The van der Waals surface area contributed by atoms with Gasteiger partial charge in [-0.1, -0.05) is 43.7 Å². The van der Waals surface area contributed by atoms with E-state index in [4.69, 9.17) is 4.74 Å². The largest absolute Gasteiger partial charge is 0.466 e. The lowest BCUT2D eigenvalue weighted by molar-refractivity contribution is -0.143. The molecule has 0 aliphatic heterocycles. The topological polar surface area (TPSA) is 26.3 Å². The molecule has 2 nitrogen and oxygen atoms in total. The molecule has 0 saturated carbocycles. The van der Waals surface area contributed by atoms with Gasteiger partial charge >= 0.3 is 5.97 Å². The quantitative estimate of drug-likeness (QED) is 0.726. The van der Waals surface area contributed by atoms with Gasteiger partial charge in [0.15, 0.2) is 0 Å². The summed E-state index contributed by atoms with van der Waals surface area (Å²) in [4.78, 5) is 11.6. The van der Waals surface area contributed by atoms with E-state index in [0.29, 0.717) is 18.9 Å². The van der Waals surface area contributed by atoms with E-state index in [2.05, 4.69) is 45.0 Å². The van der Waals surface area contributed by atoms with Crippen LogP contribution in [0.1, 0.15) is 44.2 Å². The molecule has 0 aliphatic carbocycles. The van der Waals surface area contributed by atoms with Gasteiger partial charge < -0.3 is 4.74 Å². The number of hydrogen-bond donors (Lipinski definition) is 0. The fourth-order valence-corrected chi connectivity index (χ4v) is 1.95. The summed E-state index contributed by atoms with van der Waals surface area (Å²) in [7, 11) is 0. The van der Waals surface area contributed by atoms with E-state index in [0.717, 1.165) is 0 Å². The molecule has 17 heavy (non-hydrogen) atoms. The van der Waals surface area contributed by atoms with Crippen LogP contribution in [0.3, 0.4) is 0 Å². The highest BCUT2D eigenvalue weighted by Gasteiger charge is 2.20. The molecule has 1 unspecified atom stereocenters. The monoisotopic (exact) mass is 234 g/mol. The number of carbonyl (C=O) groups excluding carboxylic acids is 1. The second kappa shape index (κ2) is 6.43. The van der Waals surface area contributed by atoms with E-state index in [9.17, 15) is 4.79 Å². The summed E-state index contributed by atoms with van der Waals surface area (Å²) in [5.41, 5.74) is 2.46. The molecule has 0 heterocycles. The molecule has 1 aromatic carbocycles. The second-order valence-corrected chi connectivity index (χ2v) is 4.77. The third-order valence-corrected chi connectivity index (χ3v) is 3.00. The highest BCUT2D eigenvalue weighted by Crippen LogP contribution is 2.28. The molecular weight excluding hydrogens is 212 g/mol. The Morgan fingerprint density at radius 1 is 1.24 bits per heavy atom. The van der Waals surface area contributed by atoms with Crippen LogP contribution in [0.25, 0.3) is 0 Å². The van der Waals surface area contributed by atoms with E-state index in [-0.39, 0.29) is 11.9 Å². The van der Waals surface area contributed by atoms with E-state index in [1.807, 2.05) is 6.92 Å². The van der Waals surface area contributed by atoms with Crippen LogP contribution in [0, 0.1) is 12.8 Å². The number of ether oxygens (including phenoxy) is 1. The van der Waals surface area contributed by atoms with Crippen molar-refractivity contribution >= 4 is 5.97 Å². The minimum atomic E-state index is -0.105. The maximum Gasteiger partial charge on any atom is 0.306 e. The molecule has 1 atom stereocenters. The zero-order valence-corrected chi connectivity index (χ0v) is 11.2. The van der Waals surface area contributed by atoms with Crippen LogP contribution in [-0.4, -0.2) is 12.6 Å². The van der Waals surface area contributed by atoms with Crippen LogP contribution in [0.5, 0.6) is 0 Å². The van der Waals surface area contributed by atoms with Crippen molar-refractivity contribution in [1.29, 1.82) is 0 Å². The molecule has 0 spiro atoms. The van der Waals surface area contributed by atoms with Gasteiger partial charge in [-0.05, 0) is 31.2 Å². The van der Waals surface area contributed by atoms with Crippen molar-refractivity contribution < 1.29 is 9.53 Å². The van der Waals surface area contributed by atoms with Crippen LogP contribution in [-0.2, 0) is 9.53 Å². The van der Waals surface area contributed by atoms with Crippen LogP contribution in [0.15, 0.2) is 24.3 Å². The average Bonchev–Trinajstić information content (AvgIpc) is 2.27. The first-order chi connectivity index (χ1) is 8.04. The smallest absolute Gasteiger partial charge is 0.306 e. The maximum atomic E-state index is 11.6. The zero-order valence-electron chi connectivity index (χ0n) is 11.2. The van der Waals surface area contributed by atoms with Crippen LogP contribution in [0.2, 0.25) is 0 Å². The van der Waals surface area contributed by atoms with Crippen molar-refractivity contribution in [2.24, 2.45) is 5.92 Å². The van der Waals surface area contributed by atoms with Crippen LogP contribution >= 0.6 is 0 Å². The summed E-state index contributed by atoms with van der Waals surface area (Å²) in [5.74, 6) is 0.573. The number of esters is 1. The lowest BCUT2D eigenvalue weighted by Gasteiger charge is -2.20. The fraction of sp³-hybridized carbons (Fsp3) is 0.533. The van der Waals surface area contributed by atoms with Crippen molar-refractivity contribution in [3.8, 4) is 0 Å². The van der Waals surface area contributed by atoms with Crippen molar-refractivity contribution in [3.05, 3.63) is 35.4 Å². The third kappa shape index (κ3) is 4.22. The van der Waals surface area contributed by atoms with Crippen LogP contribution < -0.4 is 0 Å². The van der Waals surface area contributed by atoms with Gasteiger partial charge in [-0.25, -0.2) is 0 Å². The van der Waals surface area contributed by atoms with Gasteiger partial charge in [-0.2, -0.15) is 0 Å². The Kier molecular flexibility index (Phi) is 5.20. The Morgan fingerprint density at radius 3 is 2.29 bits per heavy atom. The highest BCUT2D eigenvalue weighted by atomic mass is 16.5. The van der Waals surface area contributed by atoms with Gasteiger partial charge in [-0.15, -0.1) is 0 Å². The predicted molar refractivity (Wildman–Crippen MR) is 70.0 cm³/mol. The van der Waals surface area contributed by atoms with Gasteiger partial charge in [-0.3, -0.25) is 4.79 Å². The van der Waals surface area contributed by atoms with E-state index >= 15 is 0 Å². The molecule has 2 heteroatoms. The van der Waals surface area contributed by atoms with E-state index < -0.39 is 0 Å². The molecule has 1 aromatic rings. The second-order valence-electron chi connectivity index (χ2n) is 4.77. The van der Waals surface area contributed by atoms with Gasteiger partial charge in [0, 0.05) is 0 Å². The number of hydrogen-bond acceptors (Lipinski definition) is 2. The van der Waals surface area contributed by atoms with Gasteiger partial charge in [0.1, 0.15) is 0 Å². The molecule has 0 fully saturated rings. The minimum Gasteiger partial charge on any atom is -0.466 e. The van der Waals surface area contributed by atoms with Crippen molar-refractivity contribution in [3.63, 3.8) is 0 Å². The molecule has 0 aliphatic rings. The Morgan fingerprint density at radius 2 is 1.82 bits per heavy atom. The molecule has 94 valence electrons. The minimum absolute atomic E-state index is 0.105. The average molecular weight is 234 g/mol. The van der Waals surface area contributed by atoms with E-state index in [1.165, 1.54) is 11.1 Å². The summed E-state index contributed by atoms with van der Waals surface area (Å²) in [6.07, 6.45) is 0.467. The Balaban J connectivity index is 2.79. The highest BCUT2D eigenvalue weighted by molar-refractivity contribution is 5.70. The molecule has 0 amide bonds. The Hall–Kier alpha value is -1.31. The number of aryl methyl sites for hydroxylation is 1. The molecule has 0 saturated heterocycles. The summed E-state index contributed by atoms with van der Waals surface area (Å²) >= 11 is 0. The number of benzene rings is 1. The van der Waals surface area contributed by atoms with Gasteiger partial charge in [0.25, 0.3) is 0 Å². The summed E-state index contributed by atoms with van der Waals surface area (Å²) in [6, 6.07) is 8.41. The number of rotatable bonds is 5. The summed E-state index contributed by atoms with van der Waals surface area (Å²) < 4.78 is 5.03. The van der Waals surface area contributed by atoms with Crippen LogP contribution in [0.4, 0.5) is 0 Å². The summed E-state index contributed by atoms with van der Waals surface area (Å²) in [5, 5.41) is 0. The lowest BCUT2D eigenvalue weighted by Crippen LogP contribution is -2.14. The molecule has 0 bridgehead atoms. The molecular formula is C15H22O2. The molecule has 0 aromatic heterocycles. The molecule has 0 N–H and O–H groups in total. The Bertz CT molecular complexity index is 352. The fourth-order valence-electron chi connectivity index (χ4n) is 1.95.